The van der Waals surface area contributed by atoms with Gasteiger partial charge in [-0.1, -0.05) is 0 Å². The van der Waals surface area contributed by atoms with E-state index in [0.717, 1.165) is 17.2 Å². The molecule has 2 amide bonds. The topological polar surface area (TPSA) is 135 Å². The van der Waals surface area contributed by atoms with Gasteiger partial charge in [0.05, 0.1) is 36.5 Å². The van der Waals surface area contributed by atoms with Crippen LogP contribution >= 0.6 is 0 Å². The Bertz CT molecular complexity index is 1710. The lowest BCUT2D eigenvalue weighted by Gasteiger charge is -2.46. The van der Waals surface area contributed by atoms with Crippen LogP contribution in [0.3, 0.4) is 0 Å². The summed E-state index contributed by atoms with van der Waals surface area (Å²) < 4.78 is 85.9. The molecule has 1 saturated heterocycles. The van der Waals surface area contributed by atoms with Crippen molar-refractivity contribution in [2.75, 3.05) is 18.8 Å². The standard InChI is InChI=1S/C28H21F6N5O4/c29-27(30,31)20-9-17(21-4-3-16(11-36-21)25(41)39-13-26(42,14-39)28(32,33)34)7-18-8-19(43-24(18)20)12-38-23(40)6-2-15-1-5-22(35)37-10-15/h1-11,42H,12-14H2,(H2,35,37)(H,38,40). The summed E-state index contributed by atoms with van der Waals surface area (Å²) in [7, 11) is 0. The minimum Gasteiger partial charge on any atom is -0.459 e. The van der Waals surface area contributed by atoms with Crippen molar-refractivity contribution in [3.8, 4) is 11.3 Å². The van der Waals surface area contributed by atoms with Crippen LogP contribution in [0.1, 0.15) is 27.2 Å². The normalized spacial score (nSPS) is 15.1. The number of benzene rings is 1. The van der Waals surface area contributed by atoms with Crippen molar-refractivity contribution in [2.45, 2.75) is 24.5 Å². The zero-order valence-electron chi connectivity index (χ0n) is 21.8. The SMILES string of the molecule is Nc1ccc(C=CC(=O)NCc2cc3cc(-c4ccc(C(=O)N5CC(O)(C(F)(F)F)C5)cn4)cc(C(F)(F)F)c3o2)cn1. The van der Waals surface area contributed by atoms with E-state index in [1.807, 2.05) is 0 Å². The number of nitrogens with zero attached hydrogens (tertiary/aromatic N) is 3. The van der Waals surface area contributed by atoms with Crippen LogP contribution in [-0.2, 0) is 17.5 Å². The van der Waals surface area contributed by atoms with E-state index in [2.05, 4.69) is 15.3 Å². The molecule has 3 aromatic heterocycles. The van der Waals surface area contributed by atoms with Gasteiger partial charge in [0, 0.05) is 29.4 Å². The summed E-state index contributed by atoms with van der Waals surface area (Å²) in [5.74, 6) is -0.990. The number of pyridine rings is 2. The number of furan rings is 1. The van der Waals surface area contributed by atoms with Crippen LogP contribution in [-0.4, -0.2) is 56.7 Å². The van der Waals surface area contributed by atoms with Gasteiger partial charge >= 0.3 is 12.4 Å². The molecule has 0 atom stereocenters. The molecule has 43 heavy (non-hydrogen) atoms. The Kier molecular flexibility index (Phi) is 7.38. The predicted octanol–water partition coefficient (Wildman–Crippen LogP) is 4.57. The molecule has 5 rings (SSSR count). The highest BCUT2D eigenvalue weighted by Crippen LogP contribution is 2.40. The van der Waals surface area contributed by atoms with Crippen molar-refractivity contribution in [3.05, 3.63) is 83.4 Å². The second-order valence-electron chi connectivity index (χ2n) is 9.84. The summed E-state index contributed by atoms with van der Waals surface area (Å²) in [6, 6.07) is 9.22. The zero-order chi connectivity index (χ0) is 31.2. The van der Waals surface area contributed by atoms with Crippen molar-refractivity contribution in [3.63, 3.8) is 0 Å². The number of fused-ring (bicyclic) bond motifs is 1. The Balaban J connectivity index is 1.32. The molecule has 1 aliphatic rings. The summed E-state index contributed by atoms with van der Waals surface area (Å²) in [5.41, 5.74) is 1.56. The van der Waals surface area contributed by atoms with Gasteiger partial charge in [0.2, 0.25) is 5.91 Å². The first kappa shape index (κ1) is 29.6. The molecule has 9 nitrogen and oxygen atoms in total. The molecule has 4 heterocycles. The largest absolute Gasteiger partial charge is 0.459 e. The fourth-order valence-corrected chi connectivity index (χ4v) is 4.35. The molecular formula is C28H21F6N5O4. The summed E-state index contributed by atoms with van der Waals surface area (Å²) in [6.07, 6.45) is -4.53. The second-order valence-corrected chi connectivity index (χ2v) is 9.84. The van der Waals surface area contributed by atoms with Crippen LogP contribution in [0.4, 0.5) is 32.2 Å². The second kappa shape index (κ2) is 10.7. The molecule has 0 radical (unpaired) electrons. The Morgan fingerprint density at radius 2 is 1.79 bits per heavy atom. The molecule has 1 fully saturated rings. The van der Waals surface area contributed by atoms with Gasteiger partial charge in [-0.15, -0.1) is 0 Å². The van der Waals surface area contributed by atoms with E-state index in [9.17, 15) is 41.0 Å². The Morgan fingerprint density at radius 3 is 2.40 bits per heavy atom. The number of aromatic nitrogens is 2. The summed E-state index contributed by atoms with van der Waals surface area (Å²) in [4.78, 5) is 33.4. The highest BCUT2D eigenvalue weighted by atomic mass is 19.4. The van der Waals surface area contributed by atoms with E-state index in [4.69, 9.17) is 10.2 Å². The number of carbonyl (C=O) groups excluding carboxylic acids is 2. The van der Waals surface area contributed by atoms with E-state index in [1.165, 1.54) is 42.6 Å². The first-order chi connectivity index (χ1) is 20.1. The third-order valence-corrected chi connectivity index (χ3v) is 6.67. The van der Waals surface area contributed by atoms with Crippen LogP contribution in [0, 0.1) is 0 Å². The number of alkyl halides is 6. The van der Waals surface area contributed by atoms with E-state index in [0.29, 0.717) is 11.4 Å². The van der Waals surface area contributed by atoms with Gasteiger partial charge < -0.3 is 25.5 Å². The maximum absolute atomic E-state index is 14.0. The van der Waals surface area contributed by atoms with Crippen LogP contribution in [0.2, 0.25) is 0 Å². The Morgan fingerprint density at radius 1 is 1.05 bits per heavy atom. The van der Waals surface area contributed by atoms with Gasteiger partial charge in [-0.3, -0.25) is 14.6 Å². The first-order valence-corrected chi connectivity index (χ1v) is 12.5. The maximum Gasteiger partial charge on any atom is 0.420 e. The lowest BCUT2D eigenvalue weighted by Crippen LogP contribution is -2.70. The fraction of sp³-hybridized carbons (Fsp3) is 0.214. The van der Waals surface area contributed by atoms with Crippen molar-refractivity contribution in [1.82, 2.24) is 20.2 Å². The number of aliphatic hydroxyl groups is 1. The molecular weight excluding hydrogens is 584 g/mol. The monoisotopic (exact) mass is 605 g/mol. The Labute approximate surface area is 238 Å². The molecule has 0 bridgehead atoms. The molecule has 1 aliphatic heterocycles. The number of likely N-dealkylation sites (tertiary alicyclic amines) is 1. The maximum atomic E-state index is 14.0. The van der Waals surface area contributed by atoms with Crippen LogP contribution in [0.5, 0.6) is 0 Å². The zero-order valence-corrected chi connectivity index (χ0v) is 21.8. The Hall–Kier alpha value is -4.92. The number of anilines is 1. The number of nitrogen functional groups attached to an aromatic ring is 1. The summed E-state index contributed by atoms with van der Waals surface area (Å²) in [6.45, 7) is -2.09. The highest BCUT2D eigenvalue weighted by molar-refractivity contribution is 5.95. The quantitative estimate of drug-likeness (QED) is 0.217. The lowest BCUT2D eigenvalue weighted by molar-refractivity contribution is -0.294. The molecule has 0 aliphatic carbocycles. The smallest absolute Gasteiger partial charge is 0.420 e. The van der Waals surface area contributed by atoms with Gasteiger partial charge in [-0.05, 0) is 54.1 Å². The van der Waals surface area contributed by atoms with Gasteiger partial charge in [0.15, 0.2) is 5.60 Å². The number of β-amino-alcohol motifs (C(OH)–C–C–N with tert-alkyl or cyclic N) is 1. The average molecular weight is 605 g/mol. The molecule has 0 saturated carbocycles. The van der Waals surface area contributed by atoms with E-state index >= 15 is 0 Å². The van der Waals surface area contributed by atoms with E-state index in [-0.39, 0.29) is 34.5 Å². The fourth-order valence-electron chi connectivity index (χ4n) is 4.35. The number of hydrogen-bond acceptors (Lipinski definition) is 7. The van der Waals surface area contributed by atoms with Gasteiger partial charge in [0.25, 0.3) is 5.91 Å². The van der Waals surface area contributed by atoms with Crippen molar-refractivity contribution >= 4 is 34.7 Å². The summed E-state index contributed by atoms with van der Waals surface area (Å²) >= 11 is 0. The summed E-state index contributed by atoms with van der Waals surface area (Å²) in [5, 5.41) is 12.2. The minimum absolute atomic E-state index is 0.0330. The molecule has 0 spiro atoms. The van der Waals surface area contributed by atoms with E-state index < -0.39 is 54.0 Å². The van der Waals surface area contributed by atoms with Crippen LogP contribution in [0.15, 0.2) is 65.4 Å². The third kappa shape index (κ3) is 6.16. The molecule has 0 unspecified atom stereocenters. The molecule has 15 heteroatoms. The van der Waals surface area contributed by atoms with Crippen LogP contribution in [0.25, 0.3) is 28.3 Å². The minimum atomic E-state index is -4.90. The van der Waals surface area contributed by atoms with Crippen molar-refractivity contribution < 1.29 is 45.5 Å². The van der Waals surface area contributed by atoms with E-state index in [1.54, 1.807) is 12.1 Å². The first-order valence-electron chi connectivity index (χ1n) is 12.5. The molecule has 224 valence electrons. The van der Waals surface area contributed by atoms with Crippen molar-refractivity contribution in [1.29, 1.82) is 0 Å². The number of halogens is 6. The number of hydrogen-bond donors (Lipinski definition) is 3. The van der Waals surface area contributed by atoms with Gasteiger partial charge in [0.1, 0.15) is 17.2 Å². The third-order valence-electron chi connectivity index (χ3n) is 6.67. The lowest BCUT2D eigenvalue weighted by atomic mass is 9.92. The molecule has 4 aromatic rings. The van der Waals surface area contributed by atoms with Crippen LogP contribution < -0.4 is 11.1 Å². The number of carbonyl (C=O) groups is 2. The highest BCUT2D eigenvalue weighted by Gasteiger charge is 2.62. The number of nitrogens with two attached hydrogens (primary N) is 1. The number of rotatable bonds is 6. The van der Waals surface area contributed by atoms with Gasteiger partial charge in [-0.25, -0.2) is 4.98 Å². The molecule has 4 N–H and O–H groups in total. The van der Waals surface area contributed by atoms with Gasteiger partial charge in [-0.2, -0.15) is 26.3 Å². The number of nitrogens with one attached hydrogen (secondary N) is 1. The van der Waals surface area contributed by atoms with Crippen molar-refractivity contribution in [2.24, 2.45) is 0 Å². The molecule has 1 aromatic carbocycles. The number of amides is 2. The predicted molar refractivity (Wildman–Crippen MR) is 141 cm³/mol. The average Bonchev–Trinajstić information content (AvgIpc) is 3.35.